The van der Waals surface area contributed by atoms with Crippen molar-refractivity contribution in [2.75, 3.05) is 0 Å². The highest BCUT2D eigenvalue weighted by atomic mass is 35.5. The van der Waals surface area contributed by atoms with Gasteiger partial charge in [-0.2, -0.15) is 0 Å². The van der Waals surface area contributed by atoms with Crippen LogP contribution in [0.3, 0.4) is 0 Å². The van der Waals surface area contributed by atoms with Crippen LogP contribution in [0.15, 0.2) is 30.3 Å². The smallest absolute Gasteiger partial charge is 0.323 e. The van der Waals surface area contributed by atoms with Crippen molar-refractivity contribution in [2.45, 2.75) is 45.3 Å². The summed E-state index contributed by atoms with van der Waals surface area (Å²) in [6.07, 6.45) is 1.40. The van der Waals surface area contributed by atoms with Crippen LogP contribution >= 0.6 is 12.4 Å². The highest BCUT2D eigenvalue weighted by Gasteiger charge is 2.21. The van der Waals surface area contributed by atoms with E-state index >= 15 is 0 Å². The summed E-state index contributed by atoms with van der Waals surface area (Å²) >= 11 is 0. The minimum absolute atomic E-state index is 0. The normalized spacial score (nSPS) is 12.4. The molecule has 0 radical (unpaired) electrons. The third-order valence-corrected chi connectivity index (χ3v) is 2.30. The van der Waals surface area contributed by atoms with Gasteiger partial charge in [-0.25, -0.2) is 0 Å². The van der Waals surface area contributed by atoms with Gasteiger partial charge in [0, 0.05) is 0 Å². The Bertz CT molecular complexity index is 360. The van der Waals surface area contributed by atoms with Crippen LogP contribution in [0.5, 0.6) is 0 Å². The molecule has 0 fully saturated rings. The van der Waals surface area contributed by atoms with Gasteiger partial charge >= 0.3 is 5.97 Å². The second-order valence-electron chi connectivity index (χ2n) is 5.16. The highest BCUT2D eigenvalue weighted by Crippen LogP contribution is 2.10. The number of nitrogens with two attached hydrogens (primary N) is 1. The Morgan fingerprint density at radius 2 is 1.83 bits per heavy atom. The largest absolute Gasteiger partial charge is 0.459 e. The Hall–Kier alpha value is -1.06. The van der Waals surface area contributed by atoms with E-state index < -0.39 is 11.6 Å². The van der Waals surface area contributed by atoms with E-state index in [1.165, 1.54) is 5.56 Å². The maximum atomic E-state index is 11.6. The lowest BCUT2D eigenvalue weighted by Gasteiger charge is -2.22. The zero-order valence-corrected chi connectivity index (χ0v) is 12.0. The fourth-order valence-electron chi connectivity index (χ4n) is 1.46. The number of carbonyl (C=O) groups excluding carboxylic acids is 1. The maximum absolute atomic E-state index is 11.6. The van der Waals surface area contributed by atoms with Crippen molar-refractivity contribution in [1.82, 2.24) is 0 Å². The second-order valence-corrected chi connectivity index (χ2v) is 5.16. The lowest BCUT2D eigenvalue weighted by Crippen LogP contribution is -2.37. The standard InChI is InChI=1S/C14H21NO2.ClH/c1-14(2,3)17-13(16)12(15)10-9-11-7-5-4-6-8-11;/h4-8,12H,9-10,15H2,1-3H3;1H. The van der Waals surface area contributed by atoms with E-state index in [2.05, 4.69) is 0 Å². The topological polar surface area (TPSA) is 52.3 Å². The lowest BCUT2D eigenvalue weighted by molar-refractivity contribution is -0.156. The van der Waals surface area contributed by atoms with Crippen LogP contribution < -0.4 is 5.73 Å². The zero-order valence-electron chi connectivity index (χ0n) is 11.2. The van der Waals surface area contributed by atoms with Crippen molar-refractivity contribution in [3.8, 4) is 0 Å². The van der Waals surface area contributed by atoms with Crippen LogP contribution in [0.25, 0.3) is 0 Å². The molecule has 102 valence electrons. The molecule has 1 aromatic rings. The summed E-state index contributed by atoms with van der Waals surface area (Å²) in [7, 11) is 0. The molecule has 4 heteroatoms. The van der Waals surface area contributed by atoms with Gasteiger partial charge in [0.15, 0.2) is 0 Å². The van der Waals surface area contributed by atoms with Gasteiger partial charge in [-0.05, 0) is 39.2 Å². The molecular weight excluding hydrogens is 250 g/mol. The molecule has 0 aliphatic heterocycles. The summed E-state index contributed by atoms with van der Waals surface area (Å²) in [5.74, 6) is -0.326. The van der Waals surface area contributed by atoms with Crippen molar-refractivity contribution < 1.29 is 9.53 Å². The van der Waals surface area contributed by atoms with E-state index in [0.717, 1.165) is 6.42 Å². The molecule has 0 heterocycles. The minimum atomic E-state index is -0.547. The monoisotopic (exact) mass is 271 g/mol. The number of ether oxygens (including phenoxy) is 1. The average molecular weight is 272 g/mol. The average Bonchev–Trinajstić information content (AvgIpc) is 2.25. The fourth-order valence-corrected chi connectivity index (χ4v) is 1.46. The summed E-state index contributed by atoms with van der Waals surface area (Å²) in [4.78, 5) is 11.6. The van der Waals surface area contributed by atoms with Gasteiger partial charge in [0.1, 0.15) is 11.6 Å². The lowest BCUT2D eigenvalue weighted by atomic mass is 10.1. The number of rotatable bonds is 4. The molecule has 0 spiro atoms. The van der Waals surface area contributed by atoms with E-state index in [9.17, 15) is 4.79 Å². The first-order valence-corrected chi connectivity index (χ1v) is 5.91. The Labute approximate surface area is 115 Å². The molecule has 1 rings (SSSR count). The first-order valence-electron chi connectivity index (χ1n) is 5.91. The SMILES string of the molecule is CC(C)(C)OC(=O)C(N)CCc1ccccc1.Cl. The number of aryl methyl sites for hydroxylation is 1. The summed E-state index contributed by atoms with van der Waals surface area (Å²) < 4.78 is 5.22. The van der Waals surface area contributed by atoms with Gasteiger partial charge in [-0.3, -0.25) is 4.79 Å². The van der Waals surface area contributed by atoms with Crippen LogP contribution in [0.2, 0.25) is 0 Å². The molecule has 0 aliphatic carbocycles. The van der Waals surface area contributed by atoms with Gasteiger partial charge in [0.05, 0.1) is 0 Å². The number of hydrogen-bond acceptors (Lipinski definition) is 3. The van der Waals surface area contributed by atoms with Crippen molar-refractivity contribution in [1.29, 1.82) is 0 Å². The maximum Gasteiger partial charge on any atom is 0.323 e. The molecule has 0 amide bonds. The molecule has 0 saturated heterocycles. The van der Waals surface area contributed by atoms with Gasteiger partial charge in [-0.15, -0.1) is 12.4 Å². The summed E-state index contributed by atoms with van der Waals surface area (Å²) in [6, 6.07) is 9.44. The van der Waals surface area contributed by atoms with Crippen LogP contribution in [0, 0.1) is 0 Å². The first-order chi connectivity index (χ1) is 7.88. The van der Waals surface area contributed by atoms with Gasteiger partial charge in [0.2, 0.25) is 0 Å². The Morgan fingerprint density at radius 1 is 1.28 bits per heavy atom. The van der Waals surface area contributed by atoms with Crippen molar-refractivity contribution in [3.63, 3.8) is 0 Å². The van der Waals surface area contributed by atoms with Crippen LogP contribution in [-0.2, 0) is 16.0 Å². The third-order valence-electron chi connectivity index (χ3n) is 2.30. The number of halogens is 1. The number of carbonyl (C=O) groups is 1. The molecular formula is C14H22ClNO2. The van der Waals surface area contributed by atoms with E-state index in [1.807, 2.05) is 51.1 Å². The predicted octanol–water partition coefficient (Wildman–Crippen LogP) is 2.71. The van der Waals surface area contributed by atoms with Crippen LogP contribution in [0.4, 0.5) is 0 Å². The minimum Gasteiger partial charge on any atom is -0.459 e. The summed E-state index contributed by atoms with van der Waals surface area (Å²) in [6.45, 7) is 5.53. The zero-order chi connectivity index (χ0) is 12.9. The summed E-state index contributed by atoms with van der Waals surface area (Å²) in [5, 5.41) is 0. The highest BCUT2D eigenvalue weighted by molar-refractivity contribution is 5.85. The molecule has 3 nitrogen and oxygen atoms in total. The Morgan fingerprint density at radius 3 is 2.33 bits per heavy atom. The molecule has 0 aliphatic rings. The summed E-state index contributed by atoms with van der Waals surface area (Å²) in [5.41, 5.74) is 6.51. The fraction of sp³-hybridized carbons (Fsp3) is 0.500. The molecule has 2 N–H and O–H groups in total. The number of esters is 1. The number of hydrogen-bond donors (Lipinski definition) is 1. The molecule has 1 aromatic carbocycles. The van der Waals surface area contributed by atoms with Crippen molar-refractivity contribution in [2.24, 2.45) is 5.73 Å². The van der Waals surface area contributed by atoms with Crippen molar-refractivity contribution >= 4 is 18.4 Å². The molecule has 0 saturated carbocycles. The molecule has 1 unspecified atom stereocenters. The van der Waals surface area contributed by atoms with Crippen LogP contribution in [-0.4, -0.2) is 17.6 Å². The van der Waals surface area contributed by atoms with Gasteiger partial charge in [0.25, 0.3) is 0 Å². The molecule has 0 aromatic heterocycles. The predicted molar refractivity (Wildman–Crippen MR) is 75.8 cm³/mol. The van der Waals surface area contributed by atoms with Crippen molar-refractivity contribution in [3.05, 3.63) is 35.9 Å². The van der Waals surface area contributed by atoms with E-state index in [4.69, 9.17) is 10.5 Å². The van der Waals surface area contributed by atoms with Gasteiger partial charge < -0.3 is 10.5 Å². The van der Waals surface area contributed by atoms with E-state index in [0.29, 0.717) is 6.42 Å². The first kappa shape index (κ1) is 16.9. The quantitative estimate of drug-likeness (QED) is 0.857. The molecule has 0 bridgehead atoms. The third kappa shape index (κ3) is 6.62. The van der Waals surface area contributed by atoms with Gasteiger partial charge in [-0.1, -0.05) is 30.3 Å². The Balaban J connectivity index is 0.00000289. The van der Waals surface area contributed by atoms with E-state index in [1.54, 1.807) is 0 Å². The molecule has 1 atom stereocenters. The molecule has 18 heavy (non-hydrogen) atoms. The Kier molecular flexibility index (Phi) is 6.96. The second kappa shape index (κ2) is 7.39. The van der Waals surface area contributed by atoms with Crippen LogP contribution in [0.1, 0.15) is 32.8 Å². The number of benzene rings is 1. The van der Waals surface area contributed by atoms with E-state index in [-0.39, 0.29) is 18.4 Å².